The molecule has 1 aliphatic rings. The Hall–Kier alpha value is -4.05. The molecule has 0 spiro atoms. The van der Waals surface area contributed by atoms with Crippen molar-refractivity contribution >= 4 is 23.4 Å². The van der Waals surface area contributed by atoms with E-state index in [-0.39, 0.29) is 5.91 Å². The van der Waals surface area contributed by atoms with Crippen LogP contribution >= 0.6 is 0 Å². The van der Waals surface area contributed by atoms with Crippen LogP contribution in [-0.2, 0) is 9.59 Å². The summed E-state index contributed by atoms with van der Waals surface area (Å²) in [5.74, 6) is 0.345. The Morgan fingerprint density at radius 2 is 2.00 bits per heavy atom. The number of nitrogens with zero attached hydrogens (tertiary/aromatic N) is 4. The highest BCUT2D eigenvalue weighted by atomic mass is 16.4. The summed E-state index contributed by atoms with van der Waals surface area (Å²) < 4.78 is 0. The molecule has 0 bridgehead atoms. The van der Waals surface area contributed by atoms with Crippen molar-refractivity contribution in [3.05, 3.63) is 66.8 Å². The van der Waals surface area contributed by atoms with Gasteiger partial charge < -0.3 is 26.0 Å². The maximum atomic E-state index is 12.1. The predicted molar refractivity (Wildman–Crippen MR) is 164 cm³/mol. The van der Waals surface area contributed by atoms with Gasteiger partial charge in [-0.05, 0) is 63.6 Å². The molecular weight excluding hydrogens is 518 g/mol. The van der Waals surface area contributed by atoms with Crippen LogP contribution in [0.3, 0.4) is 0 Å². The van der Waals surface area contributed by atoms with Crippen molar-refractivity contribution in [1.82, 2.24) is 25.5 Å². The van der Waals surface area contributed by atoms with E-state index in [4.69, 9.17) is 4.99 Å². The Bertz CT molecular complexity index is 1210. The second-order valence-corrected chi connectivity index (χ2v) is 10.2. The molecule has 3 rings (SSSR count). The Labute approximate surface area is 243 Å². The maximum absolute atomic E-state index is 12.1. The van der Waals surface area contributed by atoms with Crippen LogP contribution in [0.1, 0.15) is 52.4 Å². The molecule has 10 nitrogen and oxygen atoms in total. The molecule has 0 saturated heterocycles. The van der Waals surface area contributed by atoms with Crippen LogP contribution in [0, 0.1) is 0 Å². The normalized spacial score (nSPS) is 14.4. The number of aromatic nitrogens is 2. The van der Waals surface area contributed by atoms with E-state index in [1.807, 2.05) is 36.4 Å². The van der Waals surface area contributed by atoms with Crippen LogP contribution in [0.15, 0.2) is 71.8 Å². The third kappa shape index (κ3) is 11.2. The molecule has 1 aliphatic heterocycles. The topological polar surface area (TPSA) is 132 Å². The lowest BCUT2D eigenvalue weighted by Gasteiger charge is -2.24. The number of aliphatic carboxylic acids is 1. The van der Waals surface area contributed by atoms with E-state index in [0.717, 1.165) is 62.3 Å². The fourth-order valence-corrected chi connectivity index (χ4v) is 4.61. The predicted octanol–water partition coefficient (Wildman–Crippen LogP) is 4.25. The van der Waals surface area contributed by atoms with Gasteiger partial charge in [0.25, 0.3) is 0 Å². The van der Waals surface area contributed by atoms with E-state index in [1.165, 1.54) is 18.7 Å². The highest BCUT2D eigenvalue weighted by Gasteiger charge is 2.20. The van der Waals surface area contributed by atoms with Gasteiger partial charge in [0.05, 0.1) is 18.1 Å². The average molecular weight is 562 g/mol. The molecule has 2 aromatic rings. The smallest absolute Gasteiger partial charge is 0.326 e. The lowest BCUT2D eigenvalue weighted by Crippen LogP contribution is -2.39. The number of hydrogen-bond donors (Lipinski definition) is 4. The summed E-state index contributed by atoms with van der Waals surface area (Å²) in [6.45, 7) is 11.0. The largest absolute Gasteiger partial charge is 0.480 e. The average Bonchev–Trinajstić information content (AvgIpc) is 2.97. The van der Waals surface area contributed by atoms with E-state index in [2.05, 4.69) is 44.3 Å². The number of allylic oxidation sites excluding steroid dienone is 2. The molecule has 0 unspecified atom stereocenters. The summed E-state index contributed by atoms with van der Waals surface area (Å²) in [5.41, 5.74) is 3.82. The number of carbonyl (C=O) groups is 2. The van der Waals surface area contributed by atoms with E-state index in [9.17, 15) is 14.7 Å². The van der Waals surface area contributed by atoms with Crippen LogP contribution < -0.4 is 16.0 Å². The Balaban J connectivity index is 1.56. The Kier molecular flexibility index (Phi) is 13.0. The van der Waals surface area contributed by atoms with Gasteiger partial charge in [-0.3, -0.25) is 9.78 Å². The summed E-state index contributed by atoms with van der Waals surface area (Å²) in [4.78, 5) is 39.3. The van der Waals surface area contributed by atoms with Gasteiger partial charge in [-0.1, -0.05) is 36.9 Å². The fraction of sp³-hybridized carbons (Fsp3) is 0.452. The van der Waals surface area contributed by atoms with Crippen LogP contribution in [0.4, 0.5) is 5.82 Å². The van der Waals surface area contributed by atoms with Gasteiger partial charge in [-0.2, -0.15) is 0 Å². The van der Waals surface area contributed by atoms with E-state index in [1.54, 1.807) is 6.20 Å². The van der Waals surface area contributed by atoms with E-state index >= 15 is 0 Å². The molecule has 1 aromatic carbocycles. The molecule has 41 heavy (non-hydrogen) atoms. The number of rotatable bonds is 17. The second-order valence-electron chi connectivity index (χ2n) is 10.2. The van der Waals surface area contributed by atoms with Crippen LogP contribution in [0.25, 0.3) is 11.3 Å². The first-order chi connectivity index (χ1) is 19.9. The number of hydrogen-bond acceptors (Lipinski definition) is 8. The van der Waals surface area contributed by atoms with Gasteiger partial charge in [0, 0.05) is 44.4 Å². The molecule has 2 heterocycles. The molecule has 0 fully saturated rings. The zero-order valence-corrected chi connectivity index (χ0v) is 24.2. The van der Waals surface area contributed by atoms with Crippen molar-refractivity contribution < 1.29 is 14.7 Å². The Morgan fingerprint density at radius 3 is 2.71 bits per heavy atom. The first-order valence-electron chi connectivity index (χ1n) is 14.3. The zero-order valence-electron chi connectivity index (χ0n) is 24.2. The molecule has 1 amide bonds. The third-order valence-corrected chi connectivity index (χ3v) is 6.93. The summed E-state index contributed by atoms with van der Waals surface area (Å²) >= 11 is 0. The summed E-state index contributed by atoms with van der Waals surface area (Å²) in [6.07, 6.45) is 10.2. The van der Waals surface area contributed by atoms with Gasteiger partial charge >= 0.3 is 5.97 Å². The van der Waals surface area contributed by atoms with Crippen molar-refractivity contribution in [2.45, 2.75) is 58.4 Å². The molecule has 1 atom stereocenters. The van der Waals surface area contributed by atoms with E-state index < -0.39 is 12.0 Å². The van der Waals surface area contributed by atoms with Gasteiger partial charge in [0.1, 0.15) is 17.7 Å². The first-order valence-corrected chi connectivity index (χ1v) is 14.3. The van der Waals surface area contributed by atoms with Gasteiger partial charge in [0.2, 0.25) is 5.91 Å². The number of carbonyl (C=O) groups excluding carboxylic acids is 1. The summed E-state index contributed by atoms with van der Waals surface area (Å²) in [7, 11) is 0. The summed E-state index contributed by atoms with van der Waals surface area (Å²) in [6, 6.07) is 8.80. The lowest BCUT2D eigenvalue weighted by molar-refractivity contribution is -0.138. The third-order valence-electron chi connectivity index (χ3n) is 6.93. The standard InChI is InChI=1S/C31H43N7O3/c1-4-26(35-30-23(2)11-10-16-34-30)14-8-9-18-38(20-17-33-24(3)39)19-15-27(31(40)41)36-29-22-32-21-28(37-29)25-12-6-5-7-13-25/h4-7,12-13,21-22,27,34H,1,8-11,14-20H2,2-3H3,(H,33,39)(H,36,37)(H,40,41)/b35-26+/t27-/m0/s1. The molecule has 0 radical (unpaired) electrons. The number of carboxylic acid groups (broad SMARTS) is 1. The summed E-state index contributed by atoms with van der Waals surface area (Å²) in [5, 5.41) is 19.2. The quantitative estimate of drug-likeness (QED) is 0.167. The number of anilines is 1. The van der Waals surface area contributed by atoms with Crippen LogP contribution in [-0.4, -0.2) is 76.3 Å². The molecule has 1 aromatic heterocycles. The number of carboxylic acids is 1. The number of nitrogens with one attached hydrogen (secondary N) is 3. The highest BCUT2D eigenvalue weighted by Crippen LogP contribution is 2.18. The SMILES string of the molecule is C=C/C(CCCCN(CCNC(C)=O)CC[C@H](Nc1cncc(-c2ccccc2)n1)C(=O)O)=N\C1=C(C)CCCN1. The molecule has 4 N–H and O–H groups in total. The van der Waals surface area contributed by atoms with Crippen molar-refractivity contribution in [3.8, 4) is 11.3 Å². The number of benzene rings is 1. The van der Waals surface area contributed by atoms with Crippen LogP contribution in [0.2, 0.25) is 0 Å². The van der Waals surface area contributed by atoms with Gasteiger partial charge in [0.15, 0.2) is 0 Å². The van der Waals surface area contributed by atoms with E-state index in [0.29, 0.717) is 37.6 Å². The van der Waals surface area contributed by atoms with Crippen molar-refractivity contribution in [1.29, 1.82) is 0 Å². The number of aliphatic imine (C=N–C) groups is 1. The molecule has 10 heteroatoms. The fourth-order valence-electron chi connectivity index (χ4n) is 4.61. The van der Waals surface area contributed by atoms with Crippen molar-refractivity contribution in [2.24, 2.45) is 4.99 Å². The number of unbranched alkanes of at least 4 members (excludes halogenated alkanes) is 1. The minimum atomic E-state index is -0.952. The van der Waals surface area contributed by atoms with Crippen molar-refractivity contribution in [2.75, 3.05) is 38.0 Å². The number of amides is 1. The van der Waals surface area contributed by atoms with Crippen LogP contribution in [0.5, 0.6) is 0 Å². The van der Waals surface area contributed by atoms with Gasteiger partial charge in [-0.25, -0.2) is 14.8 Å². The van der Waals surface area contributed by atoms with Crippen molar-refractivity contribution in [3.63, 3.8) is 0 Å². The monoisotopic (exact) mass is 561 g/mol. The maximum Gasteiger partial charge on any atom is 0.326 e. The highest BCUT2D eigenvalue weighted by molar-refractivity contribution is 5.95. The Morgan fingerprint density at radius 1 is 1.20 bits per heavy atom. The zero-order chi connectivity index (χ0) is 29.5. The molecular formula is C31H43N7O3. The minimum Gasteiger partial charge on any atom is -0.480 e. The van der Waals surface area contributed by atoms with Gasteiger partial charge in [-0.15, -0.1) is 0 Å². The molecule has 220 valence electrons. The second kappa shape index (κ2) is 16.9. The lowest BCUT2D eigenvalue weighted by atomic mass is 10.1. The first kappa shape index (κ1) is 31.5. The molecule has 0 aliphatic carbocycles. The minimum absolute atomic E-state index is 0.0836. The molecule has 0 saturated carbocycles.